The minimum atomic E-state index is 0.399. The van der Waals surface area contributed by atoms with Crippen molar-refractivity contribution in [3.05, 3.63) is 11.6 Å². The van der Waals surface area contributed by atoms with E-state index < -0.39 is 0 Å². The number of nitrogens with zero attached hydrogens (tertiary/aromatic N) is 1. The third-order valence-corrected chi connectivity index (χ3v) is 3.61. The quantitative estimate of drug-likeness (QED) is 0.659. The molecule has 1 aromatic heterocycles. The highest BCUT2D eigenvalue weighted by molar-refractivity contribution is 8.01. The second-order valence-electron chi connectivity index (χ2n) is 3.65. The summed E-state index contributed by atoms with van der Waals surface area (Å²) in [4.78, 5) is 4.20. The van der Waals surface area contributed by atoms with Gasteiger partial charge in [-0.15, -0.1) is 11.3 Å². The first-order valence-corrected chi connectivity index (χ1v) is 5.47. The van der Waals surface area contributed by atoms with Gasteiger partial charge in [0, 0.05) is 17.3 Å². The van der Waals surface area contributed by atoms with E-state index in [1.54, 1.807) is 11.3 Å². The van der Waals surface area contributed by atoms with E-state index in [2.05, 4.69) is 25.8 Å². The summed E-state index contributed by atoms with van der Waals surface area (Å²) in [5, 5.41) is 2.02. The van der Waals surface area contributed by atoms with Crippen molar-refractivity contribution in [1.29, 1.82) is 0 Å². The average Bonchev–Trinajstić information content (AvgIpc) is 2.32. The molecule has 0 aliphatic rings. The largest absolute Gasteiger partial charge is 0.238 e. The lowest BCUT2D eigenvalue weighted by Crippen LogP contribution is -2.07. The van der Waals surface area contributed by atoms with Crippen molar-refractivity contribution >= 4 is 23.1 Å². The van der Waals surface area contributed by atoms with Crippen LogP contribution in [0.1, 0.15) is 20.8 Å². The summed E-state index contributed by atoms with van der Waals surface area (Å²) in [6, 6.07) is 0. The third kappa shape index (κ3) is 3.77. The SMILES string of the molecule is CC(C)(C)CSc1nccs1. The predicted octanol–water partition coefficient (Wildman–Crippen LogP) is 3.28. The molecule has 0 aromatic carbocycles. The van der Waals surface area contributed by atoms with Crippen molar-refractivity contribution in [2.24, 2.45) is 5.41 Å². The number of hydrogen-bond acceptors (Lipinski definition) is 3. The highest BCUT2D eigenvalue weighted by atomic mass is 32.2. The summed E-state index contributed by atoms with van der Waals surface area (Å²) in [6.45, 7) is 6.73. The monoisotopic (exact) mass is 187 g/mol. The highest BCUT2D eigenvalue weighted by Crippen LogP contribution is 2.27. The van der Waals surface area contributed by atoms with Crippen LogP contribution >= 0.6 is 23.1 Å². The molecule has 1 rings (SSSR count). The smallest absolute Gasteiger partial charge is 0.149 e. The molecule has 0 amide bonds. The van der Waals surface area contributed by atoms with Crippen molar-refractivity contribution in [1.82, 2.24) is 4.98 Å². The van der Waals surface area contributed by atoms with Crippen LogP contribution in [0.15, 0.2) is 15.9 Å². The van der Waals surface area contributed by atoms with Crippen molar-refractivity contribution in [3.8, 4) is 0 Å². The van der Waals surface area contributed by atoms with Crippen LogP contribution in [0.2, 0.25) is 0 Å². The van der Waals surface area contributed by atoms with E-state index >= 15 is 0 Å². The molecule has 0 saturated carbocycles. The summed E-state index contributed by atoms with van der Waals surface area (Å²) < 4.78 is 1.18. The van der Waals surface area contributed by atoms with Crippen LogP contribution in [0.3, 0.4) is 0 Å². The first kappa shape index (κ1) is 9.07. The Balaban J connectivity index is 2.35. The van der Waals surface area contributed by atoms with E-state index in [1.165, 1.54) is 4.34 Å². The Labute approximate surface area is 76.2 Å². The zero-order valence-corrected chi connectivity index (χ0v) is 8.76. The fourth-order valence-corrected chi connectivity index (χ4v) is 2.23. The molecule has 0 unspecified atom stereocenters. The Kier molecular flexibility index (Phi) is 2.96. The minimum absolute atomic E-state index is 0.399. The Morgan fingerprint density at radius 3 is 2.73 bits per heavy atom. The predicted molar refractivity (Wildman–Crippen MR) is 52.3 cm³/mol. The molecule has 11 heavy (non-hydrogen) atoms. The van der Waals surface area contributed by atoms with Gasteiger partial charge in [-0.1, -0.05) is 32.5 Å². The van der Waals surface area contributed by atoms with Gasteiger partial charge in [0.05, 0.1) is 0 Å². The Morgan fingerprint density at radius 2 is 2.27 bits per heavy atom. The van der Waals surface area contributed by atoms with E-state index in [-0.39, 0.29) is 0 Å². The molecule has 0 bridgehead atoms. The standard InChI is InChI=1S/C8H13NS2/c1-8(2,3)6-11-7-9-4-5-10-7/h4-5H,6H2,1-3H3. The Bertz CT molecular complexity index is 198. The molecular formula is C8H13NS2. The topological polar surface area (TPSA) is 12.9 Å². The number of thioether (sulfide) groups is 1. The van der Waals surface area contributed by atoms with Crippen molar-refractivity contribution < 1.29 is 0 Å². The summed E-state index contributed by atoms with van der Waals surface area (Å²) in [6.07, 6.45) is 1.86. The molecule has 0 fully saturated rings. The van der Waals surface area contributed by atoms with Crippen LogP contribution in [-0.4, -0.2) is 10.7 Å². The normalized spacial score (nSPS) is 11.9. The lowest BCUT2D eigenvalue weighted by molar-refractivity contribution is 0.481. The maximum absolute atomic E-state index is 4.20. The van der Waals surface area contributed by atoms with E-state index in [1.807, 2.05) is 23.3 Å². The van der Waals surface area contributed by atoms with E-state index in [9.17, 15) is 0 Å². The first-order chi connectivity index (χ1) is 5.08. The Hall–Kier alpha value is -0.0200. The van der Waals surface area contributed by atoms with Crippen LogP contribution in [0.4, 0.5) is 0 Å². The number of thiazole rings is 1. The van der Waals surface area contributed by atoms with Crippen LogP contribution in [-0.2, 0) is 0 Å². The zero-order valence-electron chi connectivity index (χ0n) is 7.13. The van der Waals surface area contributed by atoms with Crippen molar-refractivity contribution in [3.63, 3.8) is 0 Å². The molecule has 1 nitrogen and oxygen atoms in total. The summed E-state index contributed by atoms with van der Waals surface area (Å²) in [5.41, 5.74) is 0.399. The van der Waals surface area contributed by atoms with E-state index in [4.69, 9.17) is 0 Å². The number of hydrogen-bond donors (Lipinski definition) is 0. The molecule has 1 heterocycles. The molecule has 3 heteroatoms. The summed E-state index contributed by atoms with van der Waals surface area (Å²) in [5.74, 6) is 1.14. The number of aromatic nitrogens is 1. The molecule has 0 atom stereocenters. The molecule has 0 aliphatic carbocycles. The molecular weight excluding hydrogens is 174 g/mol. The summed E-state index contributed by atoms with van der Waals surface area (Å²) >= 11 is 3.56. The van der Waals surface area contributed by atoms with Crippen molar-refractivity contribution in [2.45, 2.75) is 25.1 Å². The second kappa shape index (κ2) is 3.59. The molecule has 1 aromatic rings. The lowest BCUT2D eigenvalue weighted by atomic mass is 10.0. The van der Waals surface area contributed by atoms with Gasteiger partial charge in [-0.25, -0.2) is 4.98 Å². The second-order valence-corrected chi connectivity index (χ2v) is 5.76. The van der Waals surface area contributed by atoms with Crippen LogP contribution in [0.25, 0.3) is 0 Å². The lowest BCUT2D eigenvalue weighted by Gasteiger charge is -2.15. The van der Waals surface area contributed by atoms with Gasteiger partial charge in [0.15, 0.2) is 0 Å². The van der Waals surface area contributed by atoms with Gasteiger partial charge in [-0.05, 0) is 5.41 Å². The van der Waals surface area contributed by atoms with Gasteiger partial charge in [0.25, 0.3) is 0 Å². The number of rotatable bonds is 2. The van der Waals surface area contributed by atoms with Crippen LogP contribution in [0.5, 0.6) is 0 Å². The molecule has 0 saturated heterocycles. The maximum atomic E-state index is 4.20. The van der Waals surface area contributed by atoms with Crippen LogP contribution < -0.4 is 0 Å². The first-order valence-electron chi connectivity index (χ1n) is 3.60. The summed E-state index contributed by atoms with van der Waals surface area (Å²) in [7, 11) is 0. The van der Waals surface area contributed by atoms with Gasteiger partial charge in [-0.2, -0.15) is 0 Å². The fraction of sp³-hybridized carbons (Fsp3) is 0.625. The van der Waals surface area contributed by atoms with Gasteiger partial charge in [-0.3, -0.25) is 0 Å². The molecule has 62 valence electrons. The maximum Gasteiger partial charge on any atom is 0.149 e. The molecule has 0 aliphatic heterocycles. The van der Waals surface area contributed by atoms with Gasteiger partial charge < -0.3 is 0 Å². The van der Waals surface area contributed by atoms with E-state index in [0.717, 1.165) is 5.75 Å². The van der Waals surface area contributed by atoms with Crippen LogP contribution in [0, 0.1) is 5.41 Å². The molecule has 0 radical (unpaired) electrons. The fourth-order valence-electron chi connectivity index (χ4n) is 0.560. The van der Waals surface area contributed by atoms with E-state index in [0.29, 0.717) is 5.41 Å². The van der Waals surface area contributed by atoms with Crippen molar-refractivity contribution in [2.75, 3.05) is 5.75 Å². The molecule has 0 N–H and O–H groups in total. The van der Waals surface area contributed by atoms with Gasteiger partial charge in [0.2, 0.25) is 0 Å². The minimum Gasteiger partial charge on any atom is -0.238 e. The zero-order chi connectivity index (χ0) is 8.32. The third-order valence-electron chi connectivity index (χ3n) is 1.04. The highest BCUT2D eigenvalue weighted by Gasteiger charge is 2.10. The Morgan fingerprint density at radius 1 is 1.55 bits per heavy atom. The van der Waals surface area contributed by atoms with Gasteiger partial charge in [0.1, 0.15) is 4.34 Å². The average molecular weight is 187 g/mol. The molecule has 0 spiro atoms. The van der Waals surface area contributed by atoms with Gasteiger partial charge >= 0.3 is 0 Å².